The molecule has 0 spiro atoms. The number of fused-ring (bicyclic) bond motifs is 1. The van der Waals surface area contributed by atoms with E-state index in [4.69, 9.17) is 9.72 Å². The van der Waals surface area contributed by atoms with E-state index in [0.29, 0.717) is 46.9 Å². The average molecular weight is 615 g/mol. The fraction of sp³-hybridized carbons (Fsp3) is 0.333. The number of amides is 1. The summed E-state index contributed by atoms with van der Waals surface area (Å²) in [7, 11) is 3.55. The third kappa shape index (κ3) is 7.13. The maximum atomic E-state index is 12.4. The summed E-state index contributed by atoms with van der Waals surface area (Å²) in [6, 6.07) is 14.6. The molecule has 5 rings (SSSR count). The van der Waals surface area contributed by atoms with Gasteiger partial charge in [-0.3, -0.25) is 4.79 Å². The van der Waals surface area contributed by atoms with Crippen LogP contribution in [-0.4, -0.2) is 53.2 Å². The molecular weight excluding hydrogens is 576 g/mol. The van der Waals surface area contributed by atoms with E-state index >= 15 is 0 Å². The smallest absolute Gasteiger partial charge is 0.247 e. The number of carbonyl (C=O) groups is 1. The van der Waals surface area contributed by atoms with Gasteiger partial charge in [-0.25, -0.2) is 9.97 Å². The quantitative estimate of drug-likeness (QED) is 0.165. The first-order valence-corrected chi connectivity index (χ1v) is 14.4. The number of methoxy groups -OCH3 is 1. The topological polar surface area (TPSA) is 120 Å². The van der Waals surface area contributed by atoms with Crippen LogP contribution >= 0.6 is 12.4 Å². The summed E-state index contributed by atoms with van der Waals surface area (Å²) in [6.07, 6.45) is 7.14. The predicted octanol–water partition coefficient (Wildman–Crippen LogP) is 6.43. The normalized spacial score (nSPS) is 12.6. The maximum absolute atomic E-state index is 12.4. The van der Waals surface area contributed by atoms with Crippen molar-refractivity contribution in [3.8, 4) is 23.1 Å². The van der Waals surface area contributed by atoms with Crippen LogP contribution in [0.1, 0.15) is 45.2 Å². The second-order valence-corrected chi connectivity index (χ2v) is 11.8. The molecule has 10 nitrogen and oxygen atoms in total. The summed E-state index contributed by atoms with van der Waals surface area (Å²) in [4.78, 5) is 23.7. The number of halogens is 1. The molecule has 230 valence electrons. The van der Waals surface area contributed by atoms with E-state index in [1.54, 1.807) is 13.2 Å². The molecule has 0 saturated heterocycles. The Balaban J connectivity index is 0.00000442. The molecule has 0 atom stereocenters. The van der Waals surface area contributed by atoms with Gasteiger partial charge in [0, 0.05) is 60.4 Å². The summed E-state index contributed by atoms with van der Waals surface area (Å²) in [5.74, 6) is 0.511. The Labute approximate surface area is 264 Å². The van der Waals surface area contributed by atoms with Crippen LogP contribution in [-0.2, 0) is 4.79 Å². The number of likely N-dealkylation sites (N-methyl/N-ethyl adjacent to an activating group) is 1. The SMILES string of the molecule is C=CC(=O)Nc1cc(Nc2ncc(C#N)c(-c3cn(C4CC4)c4ccccc34)n2)c(OC)cc1N(C)CCNC(C)(C)C.Cl. The predicted molar refractivity (Wildman–Crippen MR) is 179 cm³/mol. The number of nitrogens with one attached hydrogen (secondary N) is 3. The van der Waals surface area contributed by atoms with E-state index in [9.17, 15) is 10.1 Å². The minimum Gasteiger partial charge on any atom is -0.494 e. The van der Waals surface area contributed by atoms with Crippen molar-refractivity contribution in [3.63, 3.8) is 0 Å². The third-order valence-electron chi connectivity index (χ3n) is 7.37. The third-order valence-corrected chi connectivity index (χ3v) is 7.37. The molecule has 0 unspecified atom stereocenters. The highest BCUT2D eigenvalue weighted by molar-refractivity contribution is 6.02. The summed E-state index contributed by atoms with van der Waals surface area (Å²) in [5, 5.41) is 20.6. The van der Waals surface area contributed by atoms with Crippen molar-refractivity contribution < 1.29 is 9.53 Å². The number of ether oxygens (including phenoxy) is 1. The molecule has 4 aromatic rings. The average Bonchev–Trinajstić information content (AvgIpc) is 3.76. The molecule has 2 heterocycles. The van der Waals surface area contributed by atoms with Crippen molar-refractivity contribution in [1.82, 2.24) is 19.9 Å². The molecule has 44 heavy (non-hydrogen) atoms. The molecule has 1 amide bonds. The van der Waals surface area contributed by atoms with E-state index < -0.39 is 0 Å². The zero-order chi connectivity index (χ0) is 30.7. The molecule has 0 radical (unpaired) electrons. The molecule has 1 saturated carbocycles. The lowest BCUT2D eigenvalue weighted by Crippen LogP contribution is -2.40. The van der Waals surface area contributed by atoms with Gasteiger partial charge in [0.2, 0.25) is 11.9 Å². The number of nitrogens with zero attached hydrogens (tertiary/aromatic N) is 5. The Kier molecular flexibility index (Phi) is 9.82. The van der Waals surface area contributed by atoms with Crippen LogP contribution in [0.3, 0.4) is 0 Å². The van der Waals surface area contributed by atoms with E-state index in [2.05, 4.69) is 82.2 Å². The van der Waals surface area contributed by atoms with Crippen LogP contribution in [0.2, 0.25) is 0 Å². The minimum atomic E-state index is -0.331. The van der Waals surface area contributed by atoms with E-state index in [1.165, 1.54) is 12.3 Å². The second kappa shape index (κ2) is 13.4. The standard InChI is InChI=1S/C33H38N8O2.ClH/c1-7-30(42)37-25-16-26(29(43-6)17-28(25)40(5)15-14-36-33(2,3)4)38-32-35-19-21(18-34)31(39-32)24-20-41(22-12-13-22)27-11-9-8-10-23(24)27;/h7-11,16-17,19-20,22,36H,1,12-15H2,2-6H3,(H,37,42)(H,35,38,39);1H. The van der Waals surface area contributed by atoms with Crippen LogP contribution in [0.25, 0.3) is 22.2 Å². The second-order valence-electron chi connectivity index (χ2n) is 11.8. The number of anilines is 4. The number of carbonyl (C=O) groups excluding carboxylic acids is 1. The molecule has 1 aliphatic rings. The molecule has 1 aliphatic carbocycles. The summed E-state index contributed by atoms with van der Waals surface area (Å²) >= 11 is 0. The maximum Gasteiger partial charge on any atom is 0.247 e. The van der Waals surface area contributed by atoms with E-state index in [-0.39, 0.29) is 23.9 Å². The number of para-hydroxylation sites is 1. The Bertz CT molecular complexity index is 1720. The highest BCUT2D eigenvalue weighted by atomic mass is 35.5. The number of hydrogen-bond acceptors (Lipinski definition) is 8. The highest BCUT2D eigenvalue weighted by Crippen LogP contribution is 2.42. The van der Waals surface area contributed by atoms with Gasteiger partial charge in [0.05, 0.1) is 41.6 Å². The fourth-order valence-electron chi connectivity index (χ4n) is 5.05. The summed E-state index contributed by atoms with van der Waals surface area (Å²) < 4.78 is 8.04. The first kappa shape index (κ1) is 32.3. The first-order chi connectivity index (χ1) is 20.6. The molecule has 3 N–H and O–H groups in total. The van der Waals surface area contributed by atoms with Gasteiger partial charge in [0.1, 0.15) is 11.8 Å². The van der Waals surface area contributed by atoms with Crippen molar-refractivity contribution >= 4 is 52.2 Å². The van der Waals surface area contributed by atoms with Crippen molar-refractivity contribution in [2.24, 2.45) is 0 Å². The van der Waals surface area contributed by atoms with Crippen molar-refractivity contribution in [2.75, 3.05) is 42.8 Å². The molecule has 2 aromatic carbocycles. The fourth-order valence-corrected chi connectivity index (χ4v) is 5.05. The van der Waals surface area contributed by atoms with Gasteiger partial charge in [0.15, 0.2) is 0 Å². The Morgan fingerprint density at radius 3 is 2.66 bits per heavy atom. The van der Waals surface area contributed by atoms with Gasteiger partial charge >= 0.3 is 0 Å². The van der Waals surface area contributed by atoms with E-state index in [0.717, 1.165) is 41.5 Å². The number of benzene rings is 2. The first-order valence-electron chi connectivity index (χ1n) is 14.4. The van der Waals surface area contributed by atoms with Crippen molar-refractivity contribution in [2.45, 2.75) is 45.2 Å². The molecule has 0 aliphatic heterocycles. The lowest BCUT2D eigenvalue weighted by atomic mass is 10.1. The number of aromatic nitrogens is 3. The Morgan fingerprint density at radius 2 is 2.00 bits per heavy atom. The van der Waals surface area contributed by atoms with Crippen LogP contribution in [0.15, 0.2) is 61.4 Å². The zero-order valence-electron chi connectivity index (χ0n) is 25.8. The van der Waals surface area contributed by atoms with E-state index in [1.807, 2.05) is 25.2 Å². The van der Waals surface area contributed by atoms with Crippen molar-refractivity contribution in [1.29, 1.82) is 5.26 Å². The molecule has 11 heteroatoms. The largest absolute Gasteiger partial charge is 0.494 e. The summed E-state index contributed by atoms with van der Waals surface area (Å²) in [5.41, 5.74) is 4.85. The summed E-state index contributed by atoms with van der Waals surface area (Å²) in [6.45, 7) is 11.4. The van der Waals surface area contributed by atoms with Crippen molar-refractivity contribution in [3.05, 3.63) is 67.0 Å². The highest BCUT2D eigenvalue weighted by Gasteiger charge is 2.27. The molecular formula is C33H39ClN8O2. The Morgan fingerprint density at radius 1 is 1.25 bits per heavy atom. The zero-order valence-corrected chi connectivity index (χ0v) is 26.6. The Hall–Kier alpha value is -4.59. The van der Waals surface area contributed by atoms with Gasteiger partial charge in [-0.05, 0) is 51.8 Å². The van der Waals surface area contributed by atoms with Crippen LogP contribution in [0, 0.1) is 11.3 Å². The van der Waals surface area contributed by atoms with Gasteiger partial charge in [-0.1, -0.05) is 24.8 Å². The number of nitriles is 1. The lowest BCUT2D eigenvalue weighted by Gasteiger charge is -2.27. The van der Waals surface area contributed by atoms with Gasteiger partial charge < -0.3 is 30.2 Å². The van der Waals surface area contributed by atoms with Gasteiger partial charge in [-0.2, -0.15) is 5.26 Å². The van der Waals surface area contributed by atoms with Crippen LogP contribution < -0.4 is 25.6 Å². The van der Waals surface area contributed by atoms with Gasteiger partial charge in [-0.15, -0.1) is 12.4 Å². The lowest BCUT2D eigenvalue weighted by molar-refractivity contribution is -0.111. The van der Waals surface area contributed by atoms with Gasteiger partial charge in [0.25, 0.3) is 0 Å². The minimum absolute atomic E-state index is 0. The van der Waals surface area contributed by atoms with Crippen LogP contribution in [0.5, 0.6) is 5.75 Å². The monoisotopic (exact) mass is 614 g/mol. The van der Waals surface area contributed by atoms with Crippen LogP contribution in [0.4, 0.5) is 23.0 Å². The molecule has 1 fully saturated rings. The molecule has 2 aromatic heterocycles. The number of rotatable bonds is 11. The molecule has 0 bridgehead atoms. The number of hydrogen-bond donors (Lipinski definition) is 3.